The van der Waals surface area contributed by atoms with Crippen LogP contribution in [0.5, 0.6) is 0 Å². The number of anilines is 1. The average molecular weight is 427 g/mol. The summed E-state index contributed by atoms with van der Waals surface area (Å²) in [6.45, 7) is 2.12. The first kappa shape index (κ1) is 17.2. The summed E-state index contributed by atoms with van der Waals surface area (Å²) in [5, 5.41) is 4.20. The van der Waals surface area contributed by atoms with Crippen LogP contribution < -0.4 is 10.2 Å². The van der Waals surface area contributed by atoms with Gasteiger partial charge in [-0.1, -0.05) is 22.0 Å². The van der Waals surface area contributed by atoms with Gasteiger partial charge in [-0.25, -0.2) is 0 Å². The predicted molar refractivity (Wildman–Crippen MR) is 112 cm³/mol. The van der Waals surface area contributed by atoms with Gasteiger partial charge in [-0.2, -0.15) is 0 Å². The zero-order chi connectivity index (χ0) is 18.3. The maximum absolute atomic E-state index is 5.73. The third kappa shape index (κ3) is 2.93. The fourth-order valence-corrected chi connectivity index (χ4v) is 4.08. The van der Waals surface area contributed by atoms with Gasteiger partial charge in [-0.05, 0) is 67.7 Å². The molecule has 1 aromatic carbocycles. The van der Waals surface area contributed by atoms with Crippen LogP contribution in [0.4, 0.5) is 5.69 Å². The third-order valence-electron chi connectivity index (χ3n) is 4.92. The Labute approximate surface area is 167 Å². The first-order chi connectivity index (χ1) is 12.6. The van der Waals surface area contributed by atoms with Crippen molar-refractivity contribution in [2.24, 2.45) is 7.05 Å². The summed E-state index contributed by atoms with van der Waals surface area (Å²) >= 11 is 9.24. The Balaban J connectivity index is 1.85. The molecule has 4 nitrogen and oxygen atoms in total. The Bertz CT molecular complexity index is 936. The zero-order valence-electron chi connectivity index (χ0n) is 14.6. The zero-order valence-corrected chi connectivity index (χ0v) is 17.0. The molecular formula is C20H19BrN4S. The van der Waals surface area contributed by atoms with Crippen LogP contribution in [-0.2, 0) is 7.05 Å². The van der Waals surface area contributed by atoms with E-state index in [9.17, 15) is 0 Å². The molecule has 1 N–H and O–H groups in total. The van der Waals surface area contributed by atoms with Crippen molar-refractivity contribution in [3.63, 3.8) is 0 Å². The number of benzene rings is 1. The number of halogens is 1. The Morgan fingerprint density at radius 2 is 1.85 bits per heavy atom. The fourth-order valence-electron chi connectivity index (χ4n) is 3.47. The van der Waals surface area contributed by atoms with Crippen LogP contribution in [0, 0.1) is 6.92 Å². The summed E-state index contributed by atoms with van der Waals surface area (Å²) in [4.78, 5) is 6.77. The molecule has 0 radical (unpaired) electrons. The highest BCUT2D eigenvalue weighted by Gasteiger charge is 2.41. The molecule has 1 saturated heterocycles. The number of pyridine rings is 1. The highest BCUT2D eigenvalue weighted by molar-refractivity contribution is 9.10. The Kier molecular flexibility index (Phi) is 4.54. The monoisotopic (exact) mass is 426 g/mol. The Morgan fingerprint density at radius 1 is 1.08 bits per heavy atom. The van der Waals surface area contributed by atoms with Crippen LogP contribution in [0.15, 0.2) is 65.3 Å². The lowest BCUT2D eigenvalue weighted by molar-refractivity contribution is 0.539. The molecule has 3 heterocycles. The number of hydrogen-bond acceptors (Lipinski definition) is 2. The van der Waals surface area contributed by atoms with Crippen molar-refractivity contribution in [3.8, 4) is 0 Å². The number of rotatable bonds is 3. The number of hydrogen-bond donors (Lipinski definition) is 1. The van der Waals surface area contributed by atoms with Crippen molar-refractivity contribution in [3.05, 3.63) is 82.3 Å². The second-order valence-electron chi connectivity index (χ2n) is 6.43. The van der Waals surface area contributed by atoms with Gasteiger partial charge in [0.05, 0.1) is 11.7 Å². The molecular weight excluding hydrogens is 408 g/mol. The molecule has 1 aliphatic heterocycles. The standard InChI is InChI=1S/C20H19BrN4S/c1-13-6-11-17(24(13)2)19-18(16-5-3-4-12-22-16)23-20(26)25(19)15-9-7-14(21)8-10-15/h3-12,18-19H,1-2H3,(H,23,26)/t18-,19-/m0/s1. The van der Waals surface area contributed by atoms with Crippen molar-refractivity contribution in [1.29, 1.82) is 0 Å². The maximum atomic E-state index is 5.73. The Hall–Kier alpha value is -2.18. The number of nitrogens with zero attached hydrogens (tertiary/aromatic N) is 3. The topological polar surface area (TPSA) is 33.1 Å². The average Bonchev–Trinajstić information content (AvgIpc) is 3.16. The van der Waals surface area contributed by atoms with E-state index in [2.05, 4.69) is 73.9 Å². The molecule has 0 aliphatic carbocycles. The van der Waals surface area contributed by atoms with E-state index in [4.69, 9.17) is 12.2 Å². The molecule has 2 atom stereocenters. The van der Waals surface area contributed by atoms with Crippen molar-refractivity contribution in [1.82, 2.24) is 14.9 Å². The van der Waals surface area contributed by atoms with Crippen molar-refractivity contribution >= 4 is 38.9 Å². The summed E-state index contributed by atoms with van der Waals surface area (Å²) in [5.41, 5.74) is 4.47. The fraction of sp³-hybridized carbons (Fsp3) is 0.200. The maximum Gasteiger partial charge on any atom is 0.174 e. The van der Waals surface area contributed by atoms with E-state index < -0.39 is 0 Å². The van der Waals surface area contributed by atoms with Crippen LogP contribution in [-0.4, -0.2) is 14.7 Å². The molecule has 0 unspecified atom stereocenters. The summed E-state index contributed by atoms with van der Waals surface area (Å²) in [6, 6.07) is 18.6. The first-order valence-electron chi connectivity index (χ1n) is 8.44. The third-order valence-corrected chi connectivity index (χ3v) is 5.76. The molecule has 0 bridgehead atoms. The second-order valence-corrected chi connectivity index (χ2v) is 7.73. The highest BCUT2D eigenvalue weighted by atomic mass is 79.9. The minimum atomic E-state index is -0.0136. The number of aryl methyl sites for hydroxylation is 1. The first-order valence-corrected chi connectivity index (χ1v) is 9.65. The number of thiocarbonyl (C=S) groups is 1. The van der Waals surface area contributed by atoms with Gasteiger partial charge < -0.3 is 14.8 Å². The van der Waals surface area contributed by atoms with Gasteiger partial charge in [0.15, 0.2) is 5.11 Å². The SMILES string of the molecule is Cc1ccc([C@H]2[C@H](c3ccccn3)NC(=S)N2c2ccc(Br)cc2)n1C. The lowest BCUT2D eigenvalue weighted by Crippen LogP contribution is -2.30. The van der Waals surface area contributed by atoms with E-state index in [0.29, 0.717) is 5.11 Å². The molecule has 4 rings (SSSR count). The molecule has 1 fully saturated rings. The summed E-state index contributed by atoms with van der Waals surface area (Å²) < 4.78 is 3.27. The van der Waals surface area contributed by atoms with Crippen molar-refractivity contribution < 1.29 is 0 Å². The summed E-state index contributed by atoms with van der Waals surface area (Å²) in [5.74, 6) is 0. The Morgan fingerprint density at radius 3 is 2.46 bits per heavy atom. The van der Waals surface area contributed by atoms with E-state index in [-0.39, 0.29) is 12.1 Å². The summed E-state index contributed by atoms with van der Waals surface area (Å²) in [6.07, 6.45) is 1.83. The number of aromatic nitrogens is 2. The van der Waals surface area contributed by atoms with Gasteiger partial charge in [0.25, 0.3) is 0 Å². The van der Waals surface area contributed by atoms with E-state index in [1.54, 1.807) is 0 Å². The molecule has 2 aromatic heterocycles. The minimum absolute atomic E-state index is 0.0136. The molecule has 132 valence electrons. The highest BCUT2D eigenvalue weighted by Crippen LogP contribution is 2.41. The lowest BCUT2D eigenvalue weighted by Gasteiger charge is -2.28. The molecule has 0 amide bonds. The van der Waals surface area contributed by atoms with Crippen LogP contribution in [0.2, 0.25) is 0 Å². The number of nitrogens with one attached hydrogen (secondary N) is 1. The van der Waals surface area contributed by atoms with Gasteiger partial charge >= 0.3 is 0 Å². The second kappa shape index (κ2) is 6.85. The lowest BCUT2D eigenvalue weighted by atomic mass is 10.0. The predicted octanol–water partition coefficient (Wildman–Crippen LogP) is 4.67. The van der Waals surface area contributed by atoms with E-state index in [1.807, 2.05) is 36.5 Å². The summed E-state index contributed by atoms with van der Waals surface area (Å²) in [7, 11) is 2.10. The van der Waals surface area contributed by atoms with Gasteiger partial charge in [0.1, 0.15) is 6.04 Å². The molecule has 0 spiro atoms. The largest absolute Gasteiger partial charge is 0.351 e. The minimum Gasteiger partial charge on any atom is -0.351 e. The van der Waals surface area contributed by atoms with Crippen molar-refractivity contribution in [2.45, 2.75) is 19.0 Å². The van der Waals surface area contributed by atoms with E-state index in [0.717, 1.165) is 15.9 Å². The van der Waals surface area contributed by atoms with Crippen LogP contribution in [0.25, 0.3) is 0 Å². The molecule has 1 aliphatic rings. The van der Waals surface area contributed by atoms with Crippen LogP contribution in [0.1, 0.15) is 29.2 Å². The van der Waals surface area contributed by atoms with Crippen LogP contribution >= 0.6 is 28.1 Å². The molecule has 3 aromatic rings. The van der Waals surface area contributed by atoms with Crippen molar-refractivity contribution in [2.75, 3.05) is 4.90 Å². The van der Waals surface area contributed by atoms with Gasteiger partial charge in [0, 0.05) is 34.8 Å². The molecule has 6 heteroatoms. The normalized spacial score (nSPS) is 19.7. The van der Waals surface area contributed by atoms with Gasteiger partial charge in [-0.15, -0.1) is 0 Å². The van der Waals surface area contributed by atoms with Gasteiger partial charge in [-0.3, -0.25) is 4.98 Å². The van der Waals surface area contributed by atoms with E-state index >= 15 is 0 Å². The van der Waals surface area contributed by atoms with Crippen LogP contribution in [0.3, 0.4) is 0 Å². The van der Waals surface area contributed by atoms with Gasteiger partial charge in [0.2, 0.25) is 0 Å². The molecule has 0 saturated carbocycles. The molecule has 26 heavy (non-hydrogen) atoms. The smallest absolute Gasteiger partial charge is 0.174 e. The van der Waals surface area contributed by atoms with E-state index in [1.165, 1.54) is 11.4 Å². The quantitative estimate of drug-likeness (QED) is 0.616.